The quantitative estimate of drug-likeness (QED) is 0.648. The van der Waals surface area contributed by atoms with Crippen LogP contribution in [-0.4, -0.2) is 29.6 Å². The van der Waals surface area contributed by atoms with E-state index in [1.54, 1.807) is 30.6 Å². The summed E-state index contributed by atoms with van der Waals surface area (Å²) in [7, 11) is 0. The lowest BCUT2D eigenvalue weighted by Crippen LogP contribution is -2.51. The van der Waals surface area contributed by atoms with Gasteiger partial charge < -0.3 is 20.5 Å². The number of nitrogens with zero attached hydrogens (tertiary/aromatic N) is 1. The molecular formula is C21H29Cl2N3O3. The van der Waals surface area contributed by atoms with E-state index < -0.39 is 0 Å². The van der Waals surface area contributed by atoms with Gasteiger partial charge in [0.25, 0.3) is 5.91 Å². The van der Waals surface area contributed by atoms with E-state index in [0.29, 0.717) is 36.8 Å². The number of pyridine rings is 1. The summed E-state index contributed by atoms with van der Waals surface area (Å²) in [5.41, 5.74) is 7.16. The van der Waals surface area contributed by atoms with Crippen molar-refractivity contribution in [1.29, 1.82) is 0 Å². The van der Waals surface area contributed by atoms with E-state index in [9.17, 15) is 4.79 Å². The summed E-state index contributed by atoms with van der Waals surface area (Å²) in [5, 5.41) is 3.14. The average Bonchev–Trinajstić information content (AvgIpc) is 3.17. The maximum atomic E-state index is 12.7. The number of aromatic nitrogens is 1. The second-order valence-electron chi connectivity index (χ2n) is 6.89. The zero-order valence-electron chi connectivity index (χ0n) is 16.6. The third-order valence-electron chi connectivity index (χ3n) is 4.95. The van der Waals surface area contributed by atoms with Crippen molar-refractivity contribution < 1.29 is 14.3 Å². The number of nitrogens with two attached hydrogens (primary N) is 1. The fraction of sp³-hybridized carbons (Fsp3) is 0.429. The highest BCUT2D eigenvalue weighted by Crippen LogP contribution is 2.31. The van der Waals surface area contributed by atoms with Crippen LogP contribution in [0.25, 0.3) is 0 Å². The van der Waals surface area contributed by atoms with Crippen LogP contribution in [-0.2, 0) is 6.61 Å². The van der Waals surface area contributed by atoms with Crippen LogP contribution < -0.4 is 20.5 Å². The molecule has 0 atom stereocenters. The second-order valence-corrected chi connectivity index (χ2v) is 6.89. The molecule has 0 spiro atoms. The Morgan fingerprint density at radius 3 is 2.55 bits per heavy atom. The standard InChI is InChI=1S/C21H27N3O3.2ClH/c1-2-26-19-12-17(20(25)24-21(15-22)9-3-4-10-21)7-8-18(19)27-14-16-6-5-11-23-13-16;;/h5-8,11-13H,2-4,9-10,14-15,22H2,1H3,(H,24,25);2*1H. The Morgan fingerprint density at radius 1 is 1.17 bits per heavy atom. The van der Waals surface area contributed by atoms with Crippen molar-refractivity contribution in [2.45, 2.75) is 44.8 Å². The van der Waals surface area contributed by atoms with Gasteiger partial charge in [-0.3, -0.25) is 9.78 Å². The molecule has 0 aliphatic heterocycles. The number of carbonyl (C=O) groups is 1. The second kappa shape index (κ2) is 11.9. The first-order valence-corrected chi connectivity index (χ1v) is 9.47. The smallest absolute Gasteiger partial charge is 0.251 e. The highest BCUT2D eigenvalue weighted by Gasteiger charge is 2.34. The number of ether oxygens (including phenoxy) is 2. The summed E-state index contributed by atoms with van der Waals surface area (Å²) >= 11 is 0. The third kappa shape index (κ3) is 6.49. The Balaban J connectivity index is 0.00000210. The summed E-state index contributed by atoms with van der Waals surface area (Å²) in [6.45, 7) is 3.24. The Morgan fingerprint density at radius 2 is 1.93 bits per heavy atom. The predicted molar refractivity (Wildman–Crippen MR) is 118 cm³/mol. The predicted octanol–water partition coefficient (Wildman–Crippen LogP) is 3.90. The number of amides is 1. The molecule has 1 fully saturated rings. The molecule has 2 aromatic rings. The molecule has 160 valence electrons. The zero-order chi connectivity index (χ0) is 19.1. The Kier molecular flexibility index (Phi) is 10.2. The zero-order valence-corrected chi connectivity index (χ0v) is 18.2. The molecule has 0 unspecified atom stereocenters. The summed E-state index contributed by atoms with van der Waals surface area (Å²) in [5.74, 6) is 1.04. The highest BCUT2D eigenvalue weighted by atomic mass is 35.5. The van der Waals surface area contributed by atoms with Crippen LogP contribution in [0.3, 0.4) is 0 Å². The molecule has 0 bridgehead atoms. The lowest BCUT2D eigenvalue weighted by Gasteiger charge is -2.28. The van der Waals surface area contributed by atoms with Crippen LogP contribution >= 0.6 is 24.8 Å². The van der Waals surface area contributed by atoms with Crippen molar-refractivity contribution in [3.63, 3.8) is 0 Å². The fourth-order valence-corrected chi connectivity index (χ4v) is 3.43. The molecule has 6 nitrogen and oxygen atoms in total. The van der Waals surface area contributed by atoms with Gasteiger partial charge in [-0.2, -0.15) is 0 Å². The minimum Gasteiger partial charge on any atom is -0.490 e. The lowest BCUT2D eigenvalue weighted by atomic mass is 9.97. The van der Waals surface area contributed by atoms with Gasteiger partial charge in [0.05, 0.1) is 12.1 Å². The van der Waals surface area contributed by atoms with Gasteiger partial charge in [0.1, 0.15) is 6.61 Å². The lowest BCUT2D eigenvalue weighted by molar-refractivity contribution is 0.0902. The third-order valence-corrected chi connectivity index (χ3v) is 4.95. The maximum absolute atomic E-state index is 12.7. The van der Waals surface area contributed by atoms with Crippen LogP contribution in [0.2, 0.25) is 0 Å². The van der Waals surface area contributed by atoms with Crippen LogP contribution in [0.4, 0.5) is 0 Å². The van der Waals surface area contributed by atoms with E-state index >= 15 is 0 Å². The number of carbonyl (C=O) groups excluding carboxylic acids is 1. The Hall–Kier alpha value is -2.02. The van der Waals surface area contributed by atoms with Gasteiger partial charge in [-0.25, -0.2) is 0 Å². The molecule has 8 heteroatoms. The van der Waals surface area contributed by atoms with Gasteiger partial charge in [0, 0.05) is 30.1 Å². The van der Waals surface area contributed by atoms with Gasteiger partial charge in [-0.1, -0.05) is 18.9 Å². The topological polar surface area (TPSA) is 86.5 Å². The van der Waals surface area contributed by atoms with E-state index in [1.807, 2.05) is 19.1 Å². The van der Waals surface area contributed by atoms with E-state index in [1.165, 1.54) is 0 Å². The molecule has 1 aliphatic rings. The van der Waals surface area contributed by atoms with Crippen molar-refractivity contribution in [2.24, 2.45) is 5.73 Å². The van der Waals surface area contributed by atoms with Crippen molar-refractivity contribution in [3.8, 4) is 11.5 Å². The number of nitrogens with one attached hydrogen (secondary N) is 1. The molecule has 1 aromatic carbocycles. The molecule has 1 heterocycles. The molecular weight excluding hydrogens is 413 g/mol. The molecule has 1 aromatic heterocycles. The monoisotopic (exact) mass is 441 g/mol. The minimum absolute atomic E-state index is 0. The van der Waals surface area contributed by atoms with Gasteiger partial charge in [-0.15, -0.1) is 24.8 Å². The van der Waals surface area contributed by atoms with Crippen LogP contribution in [0.5, 0.6) is 11.5 Å². The molecule has 29 heavy (non-hydrogen) atoms. The summed E-state index contributed by atoms with van der Waals surface area (Å²) in [6.07, 6.45) is 7.54. The molecule has 3 rings (SSSR count). The van der Waals surface area contributed by atoms with Crippen molar-refractivity contribution >= 4 is 30.7 Å². The van der Waals surface area contributed by atoms with Gasteiger partial charge in [0.15, 0.2) is 11.5 Å². The summed E-state index contributed by atoms with van der Waals surface area (Å²) in [6, 6.07) is 9.08. The first-order valence-electron chi connectivity index (χ1n) is 9.47. The van der Waals surface area contributed by atoms with Crippen LogP contribution in [0.1, 0.15) is 48.5 Å². The van der Waals surface area contributed by atoms with Gasteiger partial charge in [0.2, 0.25) is 0 Å². The molecule has 0 radical (unpaired) electrons. The van der Waals surface area contributed by atoms with Crippen molar-refractivity contribution in [2.75, 3.05) is 13.2 Å². The van der Waals surface area contributed by atoms with Crippen LogP contribution in [0, 0.1) is 0 Å². The fourth-order valence-electron chi connectivity index (χ4n) is 3.43. The normalized spacial score (nSPS) is 14.3. The van der Waals surface area contributed by atoms with Gasteiger partial charge in [-0.05, 0) is 44.0 Å². The van der Waals surface area contributed by atoms with E-state index in [0.717, 1.165) is 31.2 Å². The van der Waals surface area contributed by atoms with E-state index in [-0.39, 0.29) is 36.3 Å². The first kappa shape index (κ1) is 25.0. The first-order chi connectivity index (χ1) is 13.2. The maximum Gasteiger partial charge on any atom is 0.251 e. The van der Waals surface area contributed by atoms with Crippen molar-refractivity contribution in [3.05, 3.63) is 53.9 Å². The molecule has 1 saturated carbocycles. The molecule has 3 N–H and O–H groups in total. The van der Waals surface area contributed by atoms with Crippen LogP contribution in [0.15, 0.2) is 42.7 Å². The van der Waals surface area contributed by atoms with E-state index in [2.05, 4.69) is 10.3 Å². The molecule has 1 aliphatic carbocycles. The number of rotatable bonds is 8. The summed E-state index contributed by atoms with van der Waals surface area (Å²) < 4.78 is 11.6. The number of halogens is 2. The number of benzene rings is 1. The largest absolute Gasteiger partial charge is 0.490 e. The highest BCUT2D eigenvalue weighted by molar-refractivity contribution is 5.95. The van der Waals surface area contributed by atoms with Gasteiger partial charge >= 0.3 is 0 Å². The molecule has 0 saturated heterocycles. The number of hydrogen-bond donors (Lipinski definition) is 2. The minimum atomic E-state index is -0.279. The SMILES string of the molecule is CCOc1cc(C(=O)NC2(CN)CCCC2)ccc1OCc1cccnc1.Cl.Cl. The number of hydrogen-bond acceptors (Lipinski definition) is 5. The molecule has 1 amide bonds. The summed E-state index contributed by atoms with van der Waals surface area (Å²) in [4.78, 5) is 16.8. The Bertz CT molecular complexity index is 769. The average molecular weight is 442 g/mol. The van der Waals surface area contributed by atoms with E-state index in [4.69, 9.17) is 15.2 Å². The Labute approximate surface area is 184 Å². The van der Waals surface area contributed by atoms with Crippen molar-refractivity contribution in [1.82, 2.24) is 10.3 Å².